The lowest BCUT2D eigenvalue weighted by molar-refractivity contribution is 0.282. The molecule has 8 heteroatoms. The van der Waals surface area contributed by atoms with E-state index < -0.39 is 10.0 Å². The van der Waals surface area contributed by atoms with Gasteiger partial charge in [0.05, 0.1) is 11.5 Å². The van der Waals surface area contributed by atoms with Gasteiger partial charge in [0, 0.05) is 19.9 Å². The van der Waals surface area contributed by atoms with Crippen LogP contribution in [0.3, 0.4) is 0 Å². The number of hydrogen-bond acceptors (Lipinski definition) is 6. The molecule has 0 atom stereocenters. The Labute approximate surface area is 116 Å². The molecule has 0 aliphatic heterocycles. The highest BCUT2D eigenvalue weighted by Gasteiger charge is 2.13. The number of benzene rings is 1. The predicted octanol–water partition coefficient (Wildman–Crippen LogP) is 0.391. The summed E-state index contributed by atoms with van der Waals surface area (Å²) in [5.41, 5.74) is 0.659. The van der Waals surface area contributed by atoms with E-state index in [1.165, 1.54) is 12.1 Å². The van der Waals surface area contributed by atoms with Crippen molar-refractivity contribution < 1.29 is 18.0 Å². The lowest BCUT2D eigenvalue weighted by Gasteiger charge is -2.06. The highest BCUT2D eigenvalue weighted by Crippen LogP contribution is 2.10. The van der Waals surface area contributed by atoms with E-state index in [9.17, 15) is 8.42 Å². The Morgan fingerprint density at radius 1 is 1.30 bits per heavy atom. The topological polar surface area (TPSA) is 105 Å². The van der Waals surface area contributed by atoms with Crippen LogP contribution in [0.4, 0.5) is 0 Å². The first-order valence-electron chi connectivity index (χ1n) is 6.00. The molecule has 0 saturated carbocycles. The Kier molecular flexibility index (Phi) is 4.48. The summed E-state index contributed by atoms with van der Waals surface area (Å²) in [6.45, 7) is 1.73. The number of aromatic nitrogens is 2. The van der Waals surface area contributed by atoms with Crippen molar-refractivity contribution in [3.05, 3.63) is 41.5 Å². The first-order chi connectivity index (χ1) is 9.51. The smallest absolute Gasteiger partial charge is 0.240 e. The standard InChI is InChI=1S/C12H15N3O4S/c1-9-14-12(15-19-9)6-7-13-20(17,18)11-4-2-10(8-16)3-5-11/h2-5,13,16H,6-8H2,1H3. The van der Waals surface area contributed by atoms with Crippen LogP contribution in [0.1, 0.15) is 17.3 Å². The zero-order chi connectivity index (χ0) is 14.6. The molecule has 0 aliphatic rings. The van der Waals surface area contributed by atoms with Gasteiger partial charge < -0.3 is 9.63 Å². The Balaban J connectivity index is 1.96. The molecule has 0 spiro atoms. The normalized spacial score (nSPS) is 11.7. The van der Waals surface area contributed by atoms with Gasteiger partial charge in [-0.2, -0.15) is 4.98 Å². The van der Waals surface area contributed by atoms with Crippen LogP contribution < -0.4 is 4.72 Å². The van der Waals surface area contributed by atoms with E-state index in [0.717, 1.165) is 0 Å². The number of nitrogens with one attached hydrogen (secondary N) is 1. The van der Waals surface area contributed by atoms with Gasteiger partial charge in [-0.1, -0.05) is 17.3 Å². The van der Waals surface area contributed by atoms with Crippen molar-refractivity contribution in [1.29, 1.82) is 0 Å². The molecule has 1 aromatic heterocycles. The van der Waals surface area contributed by atoms with E-state index in [2.05, 4.69) is 14.9 Å². The van der Waals surface area contributed by atoms with E-state index in [0.29, 0.717) is 23.7 Å². The minimum absolute atomic E-state index is 0.120. The van der Waals surface area contributed by atoms with Gasteiger partial charge in [0.2, 0.25) is 15.9 Å². The molecule has 0 unspecified atom stereocenters. The van der Waals surface area contributed by atoms with Crippen LogP contribution in [0, 0.1) is 6.92 Å². The van der Waals surface area contributed by atoms with Crippen LogP contribution >= 0.6 is 0 Å². The van der Waals surface area contributed by atoms with Gasteiger partial charge in [0.25, 0.3) is 0 Å². The van der Waals surface area contributed by atoms with Crippen LogP contribution in [0.25, 0.3) is 0 Å². The molecule has 0 radical (unpaired) electrons. The first kappa shape index (κ1) is 14.6. The molecule has 2 aromatic rings. The zero-order valence-corrected chi connectivity index (χ0v) is 11.7. The van der Waals surface area contributed by atoms with E-state index >= 15 is 0 Å². The highest BCUT2D eigenvalue weighted by molar-refractivity contribution is 7.89. The number of sulfonamides is 1. The predicted molar refractivity (Wildman–Crippen MR) is 70.3 cm³/mol. The second kappa shape index (κ2) is 6.12. The van der Waals surface area contributed by atoms with Crippen molar-refractivity contribution in [3.63, 3.8) is 0 Å². The molecular formula is C12H15N3O4S. The molecule has 0 fully saturated rings. The molecule has 1 aromatic carbocycles. The fourth-order valence-corrected chi connectivity index (χ4v) is 2.63. The van der Waals surface area contributed by atoms with Gasteiger partial charge >= 0.3 is 0 Å². The molecule has 20 heavy (non-hydrogen) atoms. The van der Waals surface area contributed by atoms with Crippen molar-refractivity contribution in [2.75, 3.05) is 6.54 Å². The summed E-state index contributed by atoms with van der Waals surface area (Å²) in [7, 11) is -3.57. The second-order valence-corrected chi connectivity index (χ2v) is 5.95. The number of rotatable bonds is 6. The van der Waals surface area contributed by atoms with E-state index in [1.54, 1.807) is 19.1 Å². The van der Waals surface area contributed by atoms with Gasteiger partial charge in [0.15, 0.2) is 5.82 Å². The Bertz CT molecular complexity index is 664. The van der Waals surface area contributed by atoms with Crippen molar-refractivity contribution in [2.24, 2.45) is 0 Å². The minimum Gasteiger partial charge on any atom is -0.392 e. The summed E-state index contributed by atoms with van der Waals surface area (Å²) in [6, 6.07) is 6.03. The third kappa shape index (κ3) is 3.62. The molecule has 0 bridgehead atoms. The van der Waals surface area contributed by atoms with Crippen LogP contribution in [0.15, 0.2) is 33.7 Å². The van der Waals surface area contributed by atoms with Crippen molar-refractivity contribution >= 4 is 10.0 Å². The number of hydrogen-bond donors (Lipinski definition) is 2. The molecule has 2 N–H and O–H groups in total. The van der Waals surface area contributed by atoms with Gasteiger partial charge in [-0.25, -0.2) is 13.1 Å². The largest absolute Gasteiger partial charge is 0.392 e. The van der Waals surface area contributed by atoms with E-state index in [-0.39, 0.29) is 18.0 Å². The van der Waals surface area contributed by atoms with Crippen molar-refractivity contribution in [1.82, 2.24) is 14.9 Å². The maximum absolute atomic E-state index is 12.0. The number of aliphatic hydroxyl groups is 1. The molecule has 0 saturated heterocycles. The summed E-state index contributed by atoms with van der Waals surface area (Å²) in [4.78, 5) is 4.14. The van der Waals surface area contributed by atoms with E-state index in [4.69, 9.17) is 9.63 Å². The van der Waals surface area contributed by atoms with Gasteiger partial charge in [-0.05, 0) is 17.7 Å². The monoisotopic (exact) mass is 297 g/mol. The second-order valence-electron chi connectivity index (χ2n) is 4.18. The van der Waals surface area contributed by atoms with Crippen LogP contribution in [0.2, 0.25) is 0 Å². The maximum atomic E-state index is 12.0. The Morgan fingerprint density at radius 3 is 2.55 bits per heavy atom. The summed E-state index contributed by atoms with van der Waals surface area (Å²) < 4.78 is 31.2. The third-order valence-corrected chi connectivity index (χ3v) is 4.10. The van der Waals surface area contributed by atoms with Gasteiger partial charge in [0.1, 0.15) is 0 Å². The average Bonchev–Trinajstić information content (AvgIpc) is 2.84. The zero-order valence-electron chi connectivity index (χ0n) is 10.9. The van der Waals surface area contributed by atoms with Crippen LogP contribution in [-0.4, -0.2) is 30.2 Å². The molecule has 0 aliphatic carbocycles. The molecule has 1 heterocycles. The Morgan fingerprint density at radius 2 is 2.00 bits per heavy atom. The number of aliphatic hydroxyl groups excluding tert-OH is 1. The molecule has 0 amide bonds. The lowest BCUT2D eigenvalue weighted by atomic mass is 10.2. The highest BCUT2D eigenvalue weighted by atomic mass is 32.2. The van der Waals surface area contributed by atoms with Crippen LogP contribution in [0.5, 0.6) is 0 Å². The summed E-state index contributed by atoms with van der Waals surface area (Å²) in [5.74, 6) is 0.906. The summed E-state index contributed by atoms with van der Waals surface area (Å²) >= 11 is 0. The van der Waals surface area contributed by atoms with Gasteiger partial charge in [-0.15, -0.1) is 0 Å². The van der Waals surface area contributed by atoms with Crippen LogP contribution in [-0.2, 0) is 23.1 Å². The fraction of sp³-hybridized carbons (Fsp3) is 0.333. The molecule has 2 rings (SSSR count). The quantitative estimate of drug-likeness (QED) is 0.799. The SMILES string of the molecule is Cc1nc(CCNS(=O)(=O)c2ccc(CO)cc2)no1. The average molecular weight is 297 g/mol. The summed E-state index contributed by atoms with van der Waals surface area (Å²) in [6.07, 6.45) is 0.352. The molecular weight excluding hydrogens is 282 g/mol. The minimum atomic E-state index is -3.57. The van der Waals surface area contributed by atoms with Gasteiger partial charge in [-0.3, -0.25) is 0 Å². The Hall–Kier alpha value is -1.77. The first-order valence-corrected chi connectivity index (χ1v) is 7.48. The van der Waals surface area contributed by atoms with Crippen molar-refractivity contribution in [2.45, 2.75) is 24.8 Å². The molecule has 7 nitrogen and oxygen atoms in total. The third-order valence-electron chi connectivity index (χ3n) is 2.63. The van der Waals surface area contributed by atoms with E-state index in [1.807, 2.05) is 0 Å². The number of aryl methyl sites for hydroxylation is 1. The summed E-state index contributed by atoms with van der Waals surface area (Å²) in [5, 5.41) is 12.6. The number of nitrogens with zero attached hydrogens (tertiary/aromatic N) is 2. The fourth-order valence-electron chi connectivity index (χ4n) is 1.60. The van der Waals surface area contributed by atoms with Crippen molar-refractivity contribution in [3.8, 4) is 0 Å². The molecule has 108 valence electrons. The maximum Gasteiger partial charge on any atom is 0.240 e. The lowest BCUT2D eigenvalue weighted by Crippen LogP contribution is -2.26.